The Balaban J connectivity index is 1.67. The van der Waals surface area contributed by atoms with Crippen LogP contribution in [0.1, 0.15) is 43.7 Å². The molecule has 1 aliphatic carbocycles. The maximum atomic E-state index is 12.1. The molecule has 144 valence electrons. The van der Waals surface area contributed by atoms with Crippen molar-refractivity contribution in [3.05, 3.63) is 35.4 Å². The highest BCUT2D eigenvalue weighted by atomic mass is 32.2. The number of rotatable bonds is 5. The summed E-state index contributed by atoms with van der Waals surface area (Å²) in [5, 5.41) is 12.9. The average Bonchev–Trinajstić information content (AvgIpc) is 3.36. The maximum Gasteiger partial charge on any atom is 0.264 e. The molecule has 1 saturated carbocycles. The molecule has 1 aromatic carbocycles. The molecular weight excluding hydrogens is 368 g/mol. The number of sulfone groups is 1. The molecule has 0 spiro atoms. The molecule has 2 N–H and O–H groups in total. The van der Waals surface area contributed by atoms with Crippen molar-refractivity contribution in [3.63, 3.8) is 0 Å². The van der Waals surface area contributed by atoms with E-state index in [1.807, 2.05) is 24.3 Å². The third kappa shape index (κ3) is 4.31. The van der Waals surface area contributed by atoms with E-state index in [0.717, 1.165) is 17.4 Å². The van der Waals surface area contributed by atoms with Gasteiger partial charge in [0.25, 0.3) is 5.91 Å². The van der Waals surface area contributed by atoms with Gasteiger partial charge in [-0.1, -0.05) is 29.1 Å². The minimum atomic E-state index is -3.78. The highest BCUT2D eigenvalue weighted by Gasteiger charge is 2.47. The highest BCUT2D eigenvalue weighted by molar-refractivity contribution is 7.92. The van der Waals surface area contributed by atoms with E-state index in [4.69, 9.17) is 10.0 Å². The van der Waals surface area contributed by atoms with E-state index in [1.165, 1.54) is 25.2 Å². The lowest BCUT2D eigenvalue weighted by Crippen LogP contribution is -2.51. The minimum absolute atomic E-state index is 0.115. The highest BCUT2D eigenvalue weighted by Crippen LogP contribution is 2.30. The molecule has 1 fully saturated rings. The molecule has 0 aromatic heterocycles. The zero-order valence-electron chi connectivity index (χ0n) is 15.2. The first-order chi connectivity index (χ1) is 12.7. The van der Waals surface area contributed by atoms with Gasteiger partial charge in [0.2, 0.25) is 0 Å². The number of amides is 1. The van der Waals surface area contributed by atoms with Gasteiger partial charge in [0, 0.05) is 30.6 Å². The summed E-state index contributed by atoms with van der Waals surface area (Å²) in [5.41, 5.74) is 3.92. The van der Waals surface area contributed by atoms with E-state index in [9.17, 15) is 13.2 Å². The van der Waals surface area contributed by atoms with Gasteiger partial charge in [0.1, 0.15) is 6.10 Å². The molecule has 1 aromatic rings. The molecule has 8 heteroatoms. The van der Waals surface area contributed by atoms with Crippen LogP contribution in [0, 0.1) is 17.8 Å². The zero-order valence-corrected chi connectivity index (χ0v) is 16.0. The second-order valence-electron chi connectivity index (χ2n) is 7.24. The Morgan fingerprint density at radius 3 is 2.59 bits per heavy atom. The maximum absolute atomic E-state index is 12.1. The first-order valence-electron chi connectivity index (χ1n) is 8.72. The van der Waals surface area contributed by atoms with Crippen molar-refractivity contribution < 1.29 is 23.3 Å². The van der Waals surface area contributed by atoms with Gasteiger partial charge in [0.05, 0.1) is 5.71 Å². The van der Waals surface area contributed by atoms with E-state index in [1.54, 1.807) is 0 Å². The Bertz CT molecular complexity index is 923. The predicted octanol–water partition coefficient (Wildman–Crippen LogP) is 1.64. The molecule has 0 radical (unpaired) electrons. The molecule has 0 saturated heterocycles. The summed E-state index contributed by atoms with van der Waals surface area (Å²) in [6.07, 6.45) is 3.00. The monoisotopic (exact) mass is 390 g/mol. The molecule has 1 aliphatic heterocycles. The Morgan fingerprint density at radius 2 is 2.04 bits per heavy atom. The molecule has 3 rings (SSSR count). The number of hydrogen-bond donors (Lipinski definition) is 2. The van der Waals surface area contributed by atoms with Crippen LogP contribution in [0.5, 0.6) is 0 Å². The number of nitrogens with one attached hydrogen (secondary N) is 1. The molecular formula is C19H22N2O5S. The molecule has 1 amide bonds. The number of hydrogen-bond acceptors (Lipinski definition) is 6. The van der Waals surface area contributed by atoms with E-state index < -0.39 is 26.6 Å². The summed E-state index contributed by atoms with van der Waals surface area (Å²) in [6.45, 7) is 1.27. The first kappa shape index (κ1) is 19.4. The standard InChI is InChI=1S/C19H22N2O5S/c1-19(18(22)20-23,27(2,24)25)12-16-11-17(21-26-16)15-9-7-14(8-10-15)6-5-13-3-4-13/h7-10,13,16,23H,3-4,11-12H2,1-2H3,(H,20,22). The topological polar surface area (TPSA) is 105 Å². The van der Waals surface area contributed by atoms with Gasteiger partial charge >= 0.3 is 0 Å². The van der Waals surface area contributed by atoms with Crippen LogP contribution in [0.25, 0.3) is 0 Å². The fourth-order valence-electron chi connectivity index (χ4n) is 2.83. The first-order valence-corrected chi connectivity index (χ1v) is 10.6. The lowest BCUT2D eigenvalue weighted by molar-refractivity contribution is -0.132. The molecule has 7 nitrogen and oxygen atoms in total. The Hall–Kier alpha value is -2.37. The van der Waals surface area contributed by atoms with Crippen LogP contribution in [0.15, 0.2) is 29.4 Å². The summed E-state index contributed by atoms with van der Waals surface area (Å²) < 4.78 is 22.3. The van der Waals surface area contributed by atoms with Gasteiger partial charge in [-0.2, -0.15) is 0 Å². The van der Waals surface area contributed by atoms with Crippen molar-refractivity contribution in [3.8, 4) is 11.8 Å². The normalized spacial score (nSPS) is 21.3. The fraction of sp³-hybridized carbons (Fsp3) is 0.474. The lowest BCUT2D eigenvalue weighted by atomic mass is 9.96. The Labute approximate surface area is 158 Å². The number of carbonyl (C=O) groups is 1. The summed E-state index contributed by atoms with van der Waals surface area (Å²) in [5.74, 6) is 5.90. The molecule has 0 bridgehead atoms. The number of nitrogens with zero attached hydrogens (tertiary/aromatic N) is 1. The molecule has 2 aliphatic rings. The van der Waals surface area contributed by atoms with Crippen LogP contribution >= 0.6 is 0 Å². The van der Waals surface area contributed by atoms with Crippen molar-refractivity contribution in [1.29, 1.82) is 0 Å². The van der Waals surface area contributed by atoms with E-state index >= 15 is 0 Å². The SMILES string of the molecule is CC(CC1CC(c2ccc(C#CC3CC3)cc2)=NO1)(C(=O)NO)S(C)(=O)=O. The van der Waals surface area contributed by atoms with Gasteiger partial charge in [-0.15, -0.1) is 0 Å². The van der Waals surface area contributed by atoms with E-state index in [2.05, 4.69) is 17.0 Å². The summed E-state index contributed by atoms with van der Waals surface area (Å²) in [6, 6.07) is 7.64. The third-order valence-electron chi connectivity index (χ3n) is 4.97. The number of carbonyl (C=O) groups excluding carboxylic acids is 1. The van der Waals surface area contributed by atoms with Crippen LogP contribution in [-0.4, -0.2) is 42.4 Å². The van der Waals surface area contributed by atoms with Crippen molar-refractivity contribution in [2.75, 3.05) is 6.26 Å². The number of oxime groups is 1. The minimum Gasteiger partial charge on any atom is -0.392 e. The van der Waals surface area contributed by atoms with Gasteiger partial charge < -0.3 is 4.84 Å². The number of benzene rings is 1. The van der Waals surface area contributed by atoms with Crippen LogP contribution < -0.4 is 5.48 Å². The van der Waals surface area contributed by atoms with Gasteiger partial charge in [-0.05, 0) is 37.5 Å². The van der Waals surface area contributed by atoms with Crippen LogP contribution in [0.4, 0.5) is 0 Å². The smallest absolute Gasteiger partial charge is 0.264 e. The lowest BCUT2D eigenvalue weighted by Gasteiger charge is -2.26. The fourth-order valence-corrected chi connectivity index (χ4v) is 3.70. The summed E-state index contributed by atoms with van der Waals surface area (Å²) in [4.78, 5) is 17.3. The summed E-state index contributed by atoms with van der Waals surface area (Å²) in [7, 11) is -3.78. The van der Waals surface area contributed by atoms with E-state index in [0.29, 0.717) is 18.1 Å². The molecule has 1 heterocycles. The van der Waals surface area contributed by atoms with Crippen LogP contribution in [0.2, 0.25) is 0 Å². The molecule has 2 atom stereocenters. The van der Waals surface area contributed by atoms with Gasteiger partial charge in [0.15, 0.2) is 14.6 Å². The quantitative estimate of drug-likeness (QED) is 0.452. The summed E-state index contributed by atoms with van der Waals surface area (Å²) >= 11 is 0. The third-order valence-corrected chi connectivity index (χ3v) is 6.96. The van der Waals surface area contributed by atoms with Crippen LogP contribution in [-0.2, 0) is 19.5 Å². The van der Waals surface area contributed by atoms with Crippen LogP contribution in [0.3, 0.4) is 0 Å². The van der Waals surface area contributed by atoms with Crippen molar-refractivity contribution >= 4 is 21.5 Å². The zero-order chi connectivity index (χ0) is 19.7. The largest absolute Gasteiger partial charge is 0.392 e. The van der Waals surface area contributed by atoms with Crippen molar-refractivity contribution in [2.24, 2.45) is 11.1 Å². The van der Waals surface area contributed by atoms with E-state index in [-0.39, 0.29) is 6.42 Å². The second kappa shape index (κ2) is 7.33. The Morgan fingerprint density at radius 1 is 1.37 bits per heavy atom. The van der Waals surface area contributed by atoms with Gasteiger partial charge in [-0.25, -0.2) is 13.9 Å². The number of hydroxylamine groups is 1. The Kier molecular flexibility index (Phi) is 5.27. The predicted molar refractivity (Wildman–Crippen MR) is 99.9 cm³/mol. The average molecular weight is 390 g/mol. The van der Waals surface area contributed by atoms with Crippen molar-refractivity contribution in [1.82, 2.24) is 5.48 Å². The molecule has 27 heavy (non-hydrogen) atoms. The van der Waals surface area contributed by atoms with Crippen molar-refractivity contribution in [2.45, 2.75) is 43.5 Å². The second-order valence-corrected chi connectivity index (χ2v) is 9.68. The van der Waals surface area contributed by atoms with Gasteiger partial charge in [-0.3, -0.25) is 10.0 Å². The molecule has 2 unspecified atom stereocenters.